The van der Waals surface area contributed by atoms with Crippen LogP contribution in [0.3, 0.4) is 0 Å². The Balaban J connectivity index is 1.65. The number of nitrogens with one attached hydrogen (secondary N) is 1. The predicted molar refractivity (Wildman–Crippen MR) is 88.0 cm³/mol. The zero-order valence-corrected chi connectivity index (χ0v) is 13.0. The van der Waals surface area contributed by atoms with Gasteiger partial charge in [-0.3, -0.25) is 4.79 Å². The van der Waals surface area contributed by atoms with Crippen LogP contribution in [0.25, 0.3) is 11.0 Å². The molecule has 0 bridgehead atoms. The van der Waals surface area contributed by atoms with Crippen molar-refractivity contribution in [3.63, 3.8) is 0 Å². The molecule has 2 aromatic carbocycles. The number of hydrogen-bond donors (Lipinski definition) is 1. The largest absolute Gasteiger partial charge is 0.464 e. The Bertz CT molecular complexity index is 806. The first kappa shape index (κ1) is 14.7. The minimum absolute atomic E-state index is 0.0387. The summed E-state index contributed by atoms with van der Waals surface area (Å²) in [6, 6.07) is 13.5. The molecule has 22 heavy (non-hydrogen) atoms. The quantitative estimate of drug-likeness (QED) is 0.782. The van der Waals surface area contributed by atoms with Gasteiger partial charge in [0.25, 0.3) is 0 Å². The predicted octanol–water partition coefficient (Wildman–Crippen LogP) is 4.25. The second-order valence-electron chi connectivity index (χ2n) is 5.34. The number of carbonyl (C=O) groups excluding carboxylic acids is 1. The van der Waals surface area contributed by atoms with Crippen molar-refractivity contribution in [1.29, 1.82) is 0 Å². The molecule has 1 amide bonds. The SMILES string of the molecule is Cc1ccc(CNC(=O)Cc2coc3ccc(Cl)cc23)cc1. The van der Waals surface area contributed by atoms with E-state index >= 15 is 0 Å². The van der Waals surface area contributed by atoms with Gasteiger partial charge in [0.1, 0.15) is 5.58 Å². The first-order valence-electron chi connectivity index (χ1n) is 7.10. The van der Waals surface area contributed by atoms with Crippen LogP contribution in [0.5, 0.6) is 0 Å². The van der Waals surface area contributed by atoms with Crippen LogP contribution < -0.4 is 5.32 Å². The monoisotopic (exact) mass is 313 g/mol. The van der Waals surface area contributed by atoms with E-state index in [1.165, 1.54) is 5.56 Å². The number of furan rings is 1. The molecule has 0 aliphatic rings. The number of carbonyl (C=O) groups is 1. The lowest BCUT2D eigenvalue weighted by molar-refractivity contribution is -0.120. The first-order chi connectivity index (χ1) is 10.6. The van der Waals surface area contributed by atoms with Gasteiger partial charge in [0.05, 0.1) is 12.7 Å². The van der Waals surface area contributed by atoms with E-state index < -0.39 is 0 Å². The van der Waals surface area contributed by atoms with Crippen molar-refractivity contribution in [2.45, 2.75) is 19.9 Å². The van der Waals surface area contributed by atoms with Crippen molar-refractivity contribution >= 4 is 28.5 Å². The molecule has 0 spiro atoms. The average molecular weight is 314 g/mol. The Morgan fingerprint density at radius 1 is 1.18 bits per heavy atom. The summed E-state index contributed by atoms with van der Waals surface area (Å²) in [6.07, 6.45) is 1.89. The molecule has 3 nitrogen and oxygen atoms in total. The summed E-state index contributed by atoms with van der Waals surface area (Å²) in [4.78, 5) is 12.1. The highest BCUT2D eigenvalue weighted by molar-refractivity contribution is 6.31. The maximum atomic E-state index is 12.1. The van der Waals surface area contributed by atoms with Gasteiger partial charge < -0.3 is 9.73 Å². The van der Waals surface area contributed by atoms with Crippen LogP contribution in [0.1, 0.15) is 16.7 Å². The Hall–Kier alpha value is -2.26. The molecule has 3 rings (SSSR count). The average Bonchev–Trinajstić information content (AvgIpc) is 2.89. The van der Waals surface area contributed by atoms with Crippen LogP contribution in [0.4, 0.5) is 0 Å². The minimum atomic E-state index is -0.0387. The number of aryl methyl sites for hydroxylation is 1. The molecular weight excluding hydrogens is 298 g/mol. The summed E-state index contributed by atoms with van der Waals surface area (Å²) in [5, 5.41) is 4.44. The van der Waals surface area contributed by atoms with Gasteiger partial charge in [-0.15, -0.1) is 0 Å². The number of amides is 1. The zero-order chi connectivity index (χ0) is 15.5. The van der Waals surface area contributed by atoms with E-state index in [9.17, 15) is 4.79 Å². The lowest BCUT2D eigenvalue weighted by atomic mass is 10.1. The van der Waals surface area contributed by atoms with Gasteiger partial charge in [0.15, 0.2) is 0 Å². The third-order valence-electron chi connectivity index (χ3n) is 3.58. The van der Waals surface area contributed by atoms with Crippen LogP contribution in [0.15, 0.2) is 53.1 Å². The summed E-state index contributed by atoms with van der Waals surface area (Å²) in [5.74, 6) is -0.0387. The van der Waals surface area contributed by atoms with Crippen LogP contribution in [0, 0.1) is 6.92 Å². The molecule has 0 radical (unpaired) electrons. The molecular formula is C18H16ClNO2. The molecule has 112 valence electrons. The summed E-state index contributed by atoms with van der Waals surface area (Å²) in [5.41, 5.74) is 3.88. The van der Waals surface area contributed by atoms with E-state index in [0.717, 1.165) is 22.1 Å². The lowest BCUT2D eigenvalue weighted by Gasteiger charge is -2.05. The van der Waals surface area contributed by atoms with Crippen molar-refractivity contribution in [3.05, 3.63) is 70.4 Å². The number of hydrogen-bond acceptors (Lipinski definition) is 2. The number of rotatable bonds is 4. The van der Waals surface area contributed by atoms with Crippen LogP contribution >= 0.6 is 11.6 Å². The van der Waals surface area contributed by atoms with Crippen molar-refractivity contribution < 1.29 is 9.21 Å². The third kappa shape index (κ3) is 3.31. The van der Waals surface area contributed by atoms with E-state index in [1.54, 1.807) is 12.3 Å². The molecule has 3 aromatic rings. The molecule has 4 heteroatoms. The Kier molecular flexibility index (Phi) is 4.16. The molecule has 0 saturated carbocycles. The van der Waals surface area contributed by atoms with Gasteiger partial charge in [0, 0.05) is 22.5 Å². The van der Waals surface area contributed by atoms with Gasteiger partial charge >= 0.3 is 0 Å². The fourth-order valence-electron chi connectivity index (χ4n) is 2.33. The van der Waals surface area contributed by atoms with Crippen molar-refractivity contribution in [2.24, 2.45) is 0 Å². The van der Waals surface area contributed by atoms with E-state index in [4.69, 9.17) is 16.0 Å². The minimum Gasteiger partial charge on any atom is -0.464 e. The summed E-state index contributed by atoms with van der Waals surface area (Å²) in [7, 11) is 0. The Morgan fingerprint density at radius 3 is 2.73 bits per heavy atom. The molecule has 0 aliphatic heterocycles. The van der Waals surface area contributed by atoms with Gasteiger partial charge in [-0.25, -0.2) is 0 Å². The molecule has 0 unspecified atom stereocenters. The van der Waals surface area contributed by atoms with Crippen molar-refractivity contribution in [3.8, 4) is 0 Å². The second-order valence-corrected chi connectivity index (χ2v) is 5.78. The highest BCUT2D eigenvalue weighted by Gasteiger charge is 2.10. The Labute approximate surface area is 133 Å². The van der Waals surface area contributed by atoms with Crippen LogP contribution in [0.2, 0.25) is 5.02 Å². The van der Waals surface area contributed by atoms with E-state index in [-0.39, 0.29) is 12.3 Å². The topological polar surface area (TPSA) is 42.2 Å². The fourth-order valence-corrected chi connectivity index (χ4v) is 2.51. The molecule has 0 aliphatic carbocycles. The molecule has 0 atom stereocenters. The molecule has 1 heterocycles. The third-order valence-corrected chi connectivity index (χ3v) is 3.81. The second kappa shape index (κ2) is 6.24. The van der Waals surface area contributed by atoms with Gasteiger partial charge in [-0.05, 0) is 30.7 Å². The maximum absolute atomic E-state index is 12.1. The van der Waals surface area contributed by atoms with Crippen LogP contribution in [-0.2, 0) is 17.8 Å². The highest BCUT2D eigenvalue weighted by Crippen LogP contribution is 2.25. The maximum Gasteiger partial charge on any atom is 0.224 e. The van der Waals surface area contributed by atoms with E-state index in [2.05, 4.69) is 5.32 Å². The summed E-state index contributed by atoms with van der Waals surface area (Å²) in [6.45, 7) is 2.56. The van der Waals surface area contributed by atoms with E-state index in [0.29, 0.717) is 11.6 Å². The molecule has 1 aromatic heterocycles. The molecule has 1 N–H and O–H groups in total. The normalized spacial score (nSPS) is 10.8. The van der Waals surface area contributed by atoms with Gasteiger partial charge in [0.2, 0.25) is 5.91 Å². The van der Waals surface area contributed by atoms with Crippen molar-refractivity contribution in [2.75, 3.05) is 0 Å². The van der Waals surface area contributed by atoms with E-state index in [1.807, 2.05) is 43.3 Å². The van der Waals surface area contributed by atoms with Gasteiger partial charge in [-0.2, -0.15) is 0 Å². The summed E-state index contributed by atoms with van der Waals surface area (Å²) >= 11 is 6.00. The lowest BCUT2D eigenvalue weighted by Crippen LogP contribution is -2.24. The Morgan fingerprint density at radius 2 is 1.95 bits per heavy atom. The number of benzene rings is 2. The number of halogens is 1. The van der Waals surface area contributed by atoms with Crippen LogP contribution in [-0.4, -0.2) is 5.91 Å². The highest BCUT2D eigenvalue weighted by atomic mass is 35.5. The molecule has 0 saturated heterocycles. The molecule has 0 fully saturated rings. The van der Waals surface area contributed by atoms with Crippen molar-refractivity contribution in [1.82, 2.24) is 5.32 Å². The standard InChI is InChI=1S/C18H16ClNO2/c1-12-2-4-13(5-3-12)10-20-18(21)8-14-11-22-17-7-6-15(19)9-16(14)17/h2-7,9,11H,8,10H2,1H3,(H,20,21). The summed E-state index contributed by atoms with van der Waals surface area (Å²) < 4.78 is 5.44. The first-order valence-corrected chi connectivity index (χ1v) is 7.47. The fraction of sp³-hybridized carbons (Fsp3) is 0.167. The zero-order valence-electron chi connectivity index (χ0n) is 12.2. The van der Waals surface area contributed by atoms with Gasteiger partial charge in [-0.1, -0.05) is 41.4 Å². The number of fused-ring (bicyclic) bond motifs is 1. The smallest absolute Gasteiger partial charge is 0.224 e.